The van der Waals surface area contributed by atoms with Crippen LogP contribution in [0.15, 0.2) is 36.0 Å². The second-order valence-corrected chi connectivity index (χ2v) is 7.62. The van der Waals surface area contributed by atoms with Crippen molar-refractivity contribution in [3.63, 3.8) is 0 Å². The lowest BCUT2D eigenvalue weighted by Crippen LogP contribution is -2.17. The molecule has 0 heterocycles. The van der Waals surface area contributed by atoms with Crippen LogP contribution in [0.25, 0.3) is 0 Å². The van der Waals surface area contributed by atoms with Crippen molar-refractivity contribution in [1.82, 2.24) is 0 Å². The van der Waals surface area contributed by atoms with Gasteiger partial charge < -0.3 is 14.9 Å². The predicted octanol–water partition coefficient (Wildman–Crippen LogP) is 3.94. The van der Waals surface area contributed by atoms with Crippen molar-refractivity contribution in [2.24, 2.45) is 17.8 Å². The van der Waals surface area contributed by atoms with Crippen LogP contribution in [-0.2, 0) is 9.53 Å². The first-order valence-electron chi connectivity index (χ1n) is 10.0. The second kappa shape index (κ2) is 10.7. The van der Waals surface area contributed by atoms with E-state index in [1.54, 1.807) is 0 Å². The van der Waals surface area contributed by atoms with Gasteiger partial charge in [0.25, 0.3) is 0 Å². The van der Waals surface area contributed by atoms with Crippen LogP contribution in [0, 0.1) is 17.8 Å². The fourth-order valence-corrected chi connectivity index (χ4v) is 4.16. The van der Waals surface area contributed by atoms with Gasteiger partial charge in [0, 0.05) is 12.3 Å². The minimum atomic E-state index is -0.403. The first-order chi connectivity index (χ1) is 12.5. The SMILES string of the molecule is CCCCCC(O)/C=C/C1C(O)CC2C=C(/C=C/CCC(=O)OC)CC21. The van der Waals surface area contributed by atoms with Crippen LogP contribution in [0.4, 0.5) is 0 Å². The first-order valence-corrected chi connectivity index (χ1v) is 10.0. The molecule has 4 heteroatoms. The number of aliphatic hydroxyl groups excluding tert-OH is 2. The monoisotopic (exact) mass is 362 g/mol. The zero-order chi connectivity index (χ0) is 18.9. The Kier molecular flexibility index (Phi) is 8.60. The van der Waals surface area contributed by atoms with Crippen LogP contribution in [0.5, 0.6) is 0 Å². The highest BCUT2D eigenvalue weighted by atomic mass is 16.5. The Hall–Kier alpha value is -1.39. The van der Waals surface area contributed by atoms with Gasteiger partial charge in [-0.1, -0.05) is 62.1 Å². The first kappa shape index (κ1) is 20.9. The van der Waals surface area contributed by atoms with Crippen molar-refractivity contribution >= 4 is 5.97 Å². The molecule has 0 bridgehead atoms. The van der Waals surface area contributed by atoms with Crippen LogP contribution in [0.1, 0.15) is 58.3 Å². The quantitative estimate of drug-likeness (QED) is 0.351. The van der Waals surface area contributed by atoms with Crippen molar-refractivity contribution in [3.8, 4) is 0 Å². The average molecular weight is 363 g/mol. The van der Waals surface area contributed by atoms with Crippen molar-refractivity contribution in [2.75, 3.05) is 7.11 Å². The Morgan fingerprint density at radius 1 is 1.42 bits per heavy atom. The molecule has 26 heavy (non-hydrogen) atoms. The Morgan fingerprint density at radius 3 is 2.96 bits per heavy atom. The van der Waals surface area contributed by atoms with Crippen LogP contribution in [0.3, 0.4) is 0 Å². The maximum atomic E-state index is 11.1. The topological polar surface area (TPSA) is 66.8 Å². The number of rotatable bonds is 10. The molecule has 0 aromatic heterocycles. The molecule has 5 atom stereocenters. The third-order valence-electron chi connectivity index (χ3n) is 5.64. The zero-order valence-corrected chi connectivity index (χ0v) is 16.1. The zero-order valence-electron chi connectivity index (χ0n) is 16.1. The lowest BCUT2D eigenvalue weighted by atomic mass is 9.89. The second-order valence-electron chi connectivity index (χ2n) is 7.62. The maximum Gasteiger partial charge on any atom is 0.305 e. The summed E-state index contributed by atoms with van der Waals surface area (Å²) in [6, 6.07) is 0. The molecule has 0 aromatic carbocycles. The minimum Gasteiger partial charge on any atom is -0.469 e. The van der Waals surface area contributed by atoms with Crippen molar-refractivity contribution in [2.45, 2.75) is 70.5 Å². The van der Waals surface area contributed by atoms with Gasteiger partial charge >= 0.3 is 5.97 Å². The van der Waals surface area contributed by atoms with Gasteiger partial charge in [0.2, 0.25) is 0 Å². The molecule has 2 aliphatic rings. The summed E-state index contributed by atoms with van der Waals surface area (Å²) in [7, 11) is 1.41. The molecule has 2 aliphatic carbocycles. The molecule has 0 amide bonds. The smallest absolute Gasteiger partial charge is 0.305 e. The molecule has 0 radical (unpaired) electrons. The van der Waals surface area contributed by atoms with Gasteiger partial charge in [-0.3, -0.25) is 4.79 Å². The molecule has 0 aromatic rings. The van der Waals surface area contributed by atoms with Crippen LogP contribution < -0.4 is 0 Å². The van der Waals surface area contributed by atoms with Gasteiger partial charge in [-0.15, -0.1) is 0 Å². The third kappa shape index (κ3) is 6.10. The largest absolute Gasteiger partial charge is 0.469 e. The summed E-state index contributed by atoms with van der Waals surface area (Å²) in [6.07, 6.45) is 16.6. The van der Waals surface area contributed by atoms with E-state index in [0.717, 1.165) is 38.5 Å². The Bertz CT molecular complexity index is 534. The normalized spacial score (nSPS) is 29.3. The number of unbranched alkanes of at least 4 members (excludes halogenated alkanes) is 2. The van der Waals surface area contributed by atoms with Crippen molar-refractivity contribution in [1.29, 1.82) is 0 Å². The third-order valence-corrected chi connectivity index (χ3v) is 5.64. The van der Waals surface area contributed by atoms with E-state index >= 15 is 0 Å². The number of hydrogen-bond acceptors (Lipinski definition) is 4. The van der Waals surface area contributed by atoms with Gasteiger partial charge in [0.1, 0.15) is 0 Å². The number of esters is 1. The molecular weight excluding hydrogens is 328 g/mol. The molecule has 0 saturated heterocycles. The Labute approximate surface area is 157 Å². The number of methoxy groups -OCH3 is 1. The van der Waals surface area contributed by atoms with Gasteiger partial charge in [0.05, 0.1) is 19.3 Å². The van der Waals surface area contributed by atoms with E-state index in [4.69, 9.17) is 0 Å². The Morgan fingerprint density at radius 2 is 2.23 bits per heavy atom. The number of hydrogen-bond donors (Lipinski definition) is 2. The minimum absolute atomic E-state index is 0.123. The lowest BCUT2D eigenvalue weighted by molar-refractivity contribution is -0.140. The predicted molar refractivity (Wildman–Crippen MR) is 103 cm³/mol. The summed E-state index contributed by atoms with van der Waals surface area (Å²) in [5.41, 5.74) is 1.29. The van der Waals surface area contributed by atoms with Crippen LogP contribution in [-0.4, -0.2) is 35.5 Å². The van der Waals surface area contributed by atoms with E-state index in [-0.39, 0.29) is 18.0 Å². The molecule has 1 saturated carbocycles. The summed E-state index contributed by atoms with van der Waals surface area (Å²) in [5, 5.41) is 20.5. The lowest BCUT2D eigenvalue weighted by Gasteiger charge is -2.18. The highest BCUT2D eigenvalue weighted by Gasteiger charge is 2.42. The number of aliphatic hydroxyl groups is 2. The molecule has 0 spiro atoms. The molecule has 146 valence electrons. The molecule has 0 aliphatic heterocycles. The summed E-state index contributed by atoms with van der Waals surface area (Å²) in [4.78, 5) is 11.1. The molecule has 5 unspecified atom stereocenters. The number of fused-ring (bicyclic) bond motifs is 1. The number of carbonyl (C=O) groups is 1. The van der Waals surface area contributed by atoms with Crippen molar-refractivity contribution < 1.29 is 19.7 Å². The highest BCUT2D eigenvalue weighted by molar-refractivity contribution is 5.69. The molecule has 4 nitrogen and oxygen atoms in total. The van der Waals surface area contributed by atoms with E-state index in [2.05, 4.69) is 23.8 Å². The fourth-order valence-electron chi connectivity index (χ4n) is 4.16. The van der Waals surface area contributed by atoms with Crippen LogP contribution in [0.2, 0.25) is 0 Å². The standard InChI is InChI=1S/C22H34O4/c1-3-4-5-9-18(23)11-12-19-20-14-16(13-17(20)15-21(19)24)8-6-7-10-22(25)26-2/h6,8,11-13,17-21,23-24H,3-5,7,9-10,14-15H2,1-2H3/b8-6+,12-11+. The van der Waals surface area contributed by atoms with Crippen LogP contribution >= 0.6 is 0 Å². The summed E-state index contributed by atoms with van der Waals surface area (Å²) in [6.45, 7) is 2.16. The van der Waals surface area contributed by atoms with Gasteiger partial charge in [-0.25, -0.2) is 0 Å². The number of ether oxygens (including phenoxy) is 1. The summed E-state index contributed by atoms with van der Waals surface area (Å²) >= 11 is 0. The number of allylic oxidation sites excluding steroid dienone is 4. The maximum absolute atomic E-state index is 11.1. The summed E-state index contributed by atoms with van der Waals surface area (Å²) in [5.74, 6) is 0.775. The average Bonchev–Trinajstić information content (AvgIpc) is 3.13. The highest BCUT2D eigenvalue weighted by Crippen LogP contribution is 2.47. The Balaban J connectivity index is 1.83. The summed E-state index contributed by atoms with van der Waals surface area (Å²) < 4.78 is 4.64. The van der Waals surface area contributed by atoms with Gasteiger partial charge in [-0.2, -0.15) is 0 Å². The molecule has 1 fully saturated rings. The van der Waals surface area contributed by atoms with Crippen molar-refractivity contribution in [3.05, 3.63) is 36.0 Å². The van der Waals surface area contributed by atoms with E-state index < -0.39 is 6.10 Å². The molecular formula is C22H34O4. The molecule has 2 N–H and O–H groups in total. The fraction of sp³-hybridized carbons (Fsp3) is 0.682. The van der Waals surface area contributed by atoms with E-state index in [0.29, 0.717) is 24.7 Å². The van der Waals surface area contributed by atoms with E-state index in [1.165, 1.54) is 12.7 Å². The molecule has 2 rings (SSSR count). The van der Waals surface area contributed by atoms with E-state index in [9.17, 15) is 15.0 Å². The number of carbonyl (C=O) groups excluding carboxylic acids is 1. The van der Waals surface area contributed by atoms with Gasteiger partial charge in [-0.05, 0) is 37.5 Å². The van der Waals surface area contributed by atoms with E-state index in [1.807, 2.05) is 18.2 Å². The van der Waals surface area contributed by atoms with Gasteiger partial charge in [0.15, 0.2) is 0 Å².